The highest BCUT2D eigenvalue weighted by Crippen LogP contribution is 2.23. The van der Waals surface area contributed by atoms with Crippen LogP contribution in [0.4, 0.5) is 8.78 Å². The van der Waals surface area contributed by atoms with Gasteiger partial charge in [-0.15, -0.1) is 6.42 Å². The van der Waals surface area contributed by atoms with Gasteiger partial charge in [0, 0.05) is 5.56 Å². The molecular formula is C16H17F2NO4. The molecule has 0 fully saturated rings. The number of carbonyl (C=O) groups is 2. The predicted octanol–water partition coefficient (Wildman–Crippen LogP) is 2.05. The summed E-state index contributed by atoms with van der Waals surface area (Å²) < 4.78 is 37.1. The van der Waals surface area contributed by atoms with Crippen LogP contribution in [0.3, 0.4) is 0 Å². The number of hydrogen-bond donors (Lipinski definition) is 1. The fraction of sp³-hybridized carbons (Fsp3) is 0.375. The Hall–Kier alpha value is -2.62. The number of rotatable bonds is 6. The fourth-order valence-electron chi connectivity index (χ4n) is 1.66. The summed E-state index contributed by atoms with van der Waals surface area (Å²) in [5, 5.41) is 2.35. The lowest BCUT2D eigenvalue weighted by molar-refractivity contribution is -0.149. The zero-order valence-corrected chi connectivity index (χ0v) is 13.0. The number of halogens is 2. The topological polar surface area (TPSA) is 64.6 Å². The van der Waals surface area contributed by atoms with Crippen molar-refractivity contribution in [2.45, 2.75) is 26.3 Å². The molecule has 0 aliphatic heterocycles. The summed E-state index contributed by atoms with van der Waals surface area (Å²) in [6.45, 7) is 4.29. The van der Waals surface area contributed by atoms with Gasteiger partial charge in [0.2, 0.25) is 0 Å². The molecule has 0 spiro atoms. The lowest BCUT2D eigenvalue weighted by Gasteiger charge is -2.23. The van der Waals surface area contributed by atoms with Crippen molar-refractivity contribution in [3.8, 4) is 18.1 Å². The molecule has 7 heteroatoms. The average molecular weight is 325 g/mol. The van der Waals surface area contributed by atoms with E-state index < -0.39 is 34.8 Å². The van der Waals surface area contributed by atoms with Crippen LogP contribution in [0.25, 0.3) is 0 Å². The number of hydrogen-bond acceptors (Lipinski definition) is 4. The second-order valence-electron chi connectivity index (χ2n) is 5.06. The van der Waals surface area contributed by atoms with Crippen molar-refractivity contribution >= 4 is 11.9 Å². The fourth-order valence-corrected chi connectivity index (χ4v) is 1.66. The molecule has 0 heterocycles. The van der Waals surface area contributed by atoms with E-state index in [0.717, 1.165) is 12.1 Å². The first-order chi connectivity index (χ1) is 10.7. The van der Waals surface area contributed by atoms with Gasteiger partial charge in [0.25, 0.3) is 5.91 Å². The molecule has 1 rings (SSSR count). The van der Waals surface area contributed by atoms with E-state index in [0.29, 0.717) is 0 Å². The van der Waals surface area contributed by atoms with Crippen LogP contribution in [0, 0.1) is 24.0 Å². The van der Waals surface area contributed by atoms with Crippen LogP contribution in [-0.2, 0) is 9.53 Å². The Bertz CT molecular complexity index is 627. The molecule has 23 heavy (non-hydrogen) atoms. The highest BCUT2D eigenvalue weighted by Gasteiger charge is 2.31. The zero-order valence-electron chi connectivity index (χ0n) is 13.0. The van der Waals surface area contributed by atoms with Crippen LogP contribution in [0.1, 0.15) is 31.1 Å². The Balaban J connectivity index is 2.97. The van der Waals surface area contributed by atoms with Crippen molar-refractivity contribution in [2.75, 3.05) is 13.2 Å². The molecule has 0 saturated heterocycles. The number of amides is 1. The highest BCUT2D eigenvalue weighted by molar-refractivity contribution is 5.98. The molecule has 0 aliphatic carbocycles. The molecule has 124 valence electrons. The molecule has 1 N–H and O–H groups in total. The van der Waals surface area contributed by atoms with E-state index in [1.807, 2.05) is 0 Å². The van der Waals surface area contributed by atoms with E-state index >= 15 is 0 Å². The van der Waals surface area contributed by atoms with Gasteiger partial charge in [-0.25, -0.2) is 13.6 Å². The van der Waals surface area contributed by atoms with Crippen LogP contribution < -0.4 is 10.1 Å². The Morgan fingerprint density at radius 3 is 2.35 bits per heavy atom. The highest BCUT2D eigenvalue weighted by atomic mass is 19.1. The quantitative estimate of drug-likeness (QED) is 0.642. The molecule has 0 bridgehead atoms. The van der Waals surface area contributed by atoms with Gasteiger partial charge in [-0.1, -0.05) is 5.92 Å². The summed E-state index contributed by atoms with van der Waals surface area (Å²) >= 11 is 0. The van der Waals surface area contributed by atoms with Crippen LogP contribution in [0.15, 0.2) is 12.1 Å². The summed E-state index contributed by atoms with van der Waals surface area (Å²) in [4.78, 5) is 23.8. The predicted molar refractivity (Wildman–Crippen MR) is 78.9 cm³/mol. The molecular weight excluding hydrogens is 308 g/mol. The summed E-state index contributed by atoms with van der Waals surface area (Å²) in [7, 11) is 0. The first-order valence-electron chi connectivity index (χ1n) is 6.78. The number of nitrogens with one attached hydrogen (secondary N) is 1. The van der Waals surface area contributed by atoms with Crippen molar-refractivity contribution in [3.05, 3.63) is 29.3 Å². The van der Waals surface area contributed by atoms with Gasteiger partial charge in [-0.05, 0) is 32.9 Å². The van der Waals surface area contributed by atoms with Gasteiger partial charge in [-0.3, -0.25) is 4.79 Å². The van der Waals surface area contributed by atoms with Crippen molar-refractivity contribution in [1.82, 2.24) is 5.32 Å². The number of terminal acetylenes is 1. The first-order valence-corrected chi connectivity index (χ1v) is 6.78. The maximum absolute atomic E-state index is 13.8. The third kappa shape index (κ3) is 4.68. The lowest BCUT2D eigenvalue weighted by atomic mass is 10.0. The van der Waals surface area contributed by atoms with Gasteiger partial charge < -0.3 is 14.8 Å². The number of esters is 1. The Morgan fingerprint density at radius 1 is 1.30 bits per heavy atom. The van der Waals surface area contributed by atoms with Crippen LogP contribution >= 0.6 is 0 Å². The van der Waals surface area contributed by atoms with E-state index in [9.17, 15) is 18.4 Å². The minimum atomic E-state index is -1.35. The van der Waals surface area contributed by atoms with E-state index in [2.05, 4.69) is 11.2 Å². The van der Waals surface area contributed by atoms with Crippen molar-refractivity contribution in [2.24, 2.45) is 0 Å². The second-order valence-corrected chi connectivity index (χ2v) is 5.06. The lowest BCUT2D eigenvalue weighted by Crippen LogP contribution is -2.50. The molecule has 1 amide bonds. The molecule has 0 unspecified atom stereocenters. The largest absolute Gasteiger partial charge is 0.475 e. The van der Waals surface area contributed by atoms with E-state index in [1.165, 1.54) is 13.8 Å². The van der Waals surface area contributed by atoms with Crippen LogP contribution in [0.2, 0.25) is 0 Å². The summed E-state index contributed by atoms with van der Waals surface area (Å²) in [5.41, 5.74) is -1.65. The summed E-state index contributed by atoms with van der Waals surface area (Å²) in [6, 6.07) is 1.59. The Morgan fingerprint density at radius 2 is 1.87 bits per heavy atom. The SMILES string of the molecule is C#CCOc1c(F)cc(C(=O)NC(C)(C)C(=O)OCC)cc1F. The third-order valence-corrected chi connectivity index (χ3v) is 2.77. The van der Waals surface area contributed by atoms with Gasteiger partial charge in [-0.2, -0.15) is 0 Å². The van der Waals surface area contributed by atoms with Crippen molar-refractivity contribution < 1.29 is 27.8 Å². The summed E-state index contributed by atoms with van der Waals surface area (Å²) in [5.74, 6) is -2.22. The second kappa shape index (κ2) is 7.58. The Labute approximate surface area is 133 Å². The maximum atomic E-state index is 13.8. The minimum Gasteiger partial charge on any atom is -0.475 e. The summed E-state index contributed by atoms with van der Waals surface area (Å²) in [6.07, 6.45) is 4.95. The van der Waals surface area contributed by atoms with Crippen molar-refractivity contribution in [3.63, 3.8) is 0 Å². The van der Waals surface area contributed by atoms with E-state index in [4.69, 9.17) is 15.9 Å². The zero-order chi connectivity index (χ0) is 17.6. The van der Waals surface area contributed by atoms with Gasteiger partial charge in [0.1, 0.15) is 12.1 Å². The molecule has 0 saturated carbocycles. The molecule has 0 aliphatic rings. The molecule has 5 nitrogen and oxygen atoms in total. The monoisotopic (exact) mass is 325 g/mol. The number of ether oxygens (including phenoxy) is 2. The molecule has 0 atom stereocenters. The van der Waals surface area contributed by atoms with E-state index in [-0.39, 0.29) is 18.8 Å². The first kappa shape index (κ1) is 18.4. The van der Waals surface area contributed by atoms with Crippen LogP contribution in [0.5, 0.6) is 5.75 Å². The van der Waals surface area contributed by atoms with Gasteiger partial charge in [0.15, 0.2) is 17.4 Å². The average Bonchev–Trinajstić information content (AvgIpc) is 2.46. The van der Waals surface area contributed by atoms with Gasteiger partial charge >= 0.3 is 5.97 Å². The van der Waals surface area contributed by atoms with Crippen molar-refractivity contribution in [1.29, 1.82) is 0 Å². The Kier molecular flexibility index (Phi) is 6.08. The molecule has 1 aromatic carbocycles. The van der Waals surface area contributed by atoms with E-state index in [1.54, 1.807) is 6.92 Å². The minimum absolute atomic E-state index is 0.141. The normalized spacial score (nSPS) is 10.6. The molecule has 0 aromatic heterocycles. The third-order valence-electron chi connectivity index (χ3n) is 2.77. The van der Waals surface area contributed by atoms with Crippen LogP contribution in [-0.4, -0.2) is 30.6 Å². The van der Waals surface area contributed by atoms with Gasteiger partial charge in [0.05, 0.1) is 6.61 Å². The standard InChI is InChI=1S/C16H17F2NO4/c1-5-7-23-13-11(17)8-10(9-12(13)18)14(20)19-16(3,4)15(21)22-6-2/h1,8-9H,6-7H2,2-4H3,(H,19,20). The molecule has 1 aromatic rings. The number of carbonyl (C=O) groups excluding carboxylic acids is 2. The number of benzene rings is 1. The molecule has 0 radical (unpaired) electrons. The maximum Gasteiger partial charge on any atom is 0.331 e. The smallest absolute Gasteiger partial charge is 0.331 e.